The maximum absolute atomic E-state index is 4.24. The van der Waals surface area contributed by atoms with Crippen LogP contribution in [0, 0.1) is 0 Å². The lowest BCUT2D eigenvalue weighted by Crippen LogP contribution is -2.07. The van der Waals surface area contributed by atoms with Crippen LogP contribution in [0.2, 0.25) is 0 Å². The molecule has 2 heterocycles. The molecule has 2 aromatic heterocycles. The third-order valence-corrected chi connectivity index (χ3v) is 3.23. The van der Waals surface area contributed by atoms with Crippen molar-refractivity contribution < 1.29 is 0 Å². The quantitative estimate of drug-likeness (QED) is 0.904. The minimum absolute atomic E-state index is 0.142. The second-order valence-electron chi connectivity index (χ2n) is 2.82. The zero-order valence-corrected chi connectivity index (χ0v) is 9.89. The molecule has 0 aliphatic carbocycles. The summed E-state index contributed by atoms with van der Waals surface area (Å²) in [5.74, 6) is 0.913. The first-order valence-electron chi connectivity index (χ1n) is 4.12. The number of aromatic amines is 1. The summed E-state index contributed by atoms with van der Waals surface area (Å²) in [5, 5.41) is 6.08. The van der Waals surface area contributed by atoms with Crippen LogP contribution in [-0.4, -0.2) is 15.0 Å². The van der Waals surface area contributed by atoms with Crippen molar-refractivity contribution in [1.82, 2.24) is 15.0 Å². The number of aromatic nitrogens is 3. The molecular formula is C8H9BrN4S. The Morgan fingerprint density at radius 2 is 2.50 bits per heavy atom. The lowest BCUT2D eigenvalue weighted by atomic mass is 10.3. The molecule has 0 aromatic carbocycles. The van der Waals surface area contributed by atoms with Crippen LogP contribution >= 0.6 is 27.3 Å². The number of anilines is 1. The fourth-order valence-electron chi connectivity index (χ4n) is 1.09. The Morgan fingerprint density at radius 1 is 1.64 bits per heavy atom. The van der Waals surface area contributed by atoms with E-state index in [2.05, 4.69) is 36.2 Å². The van der Waals surface area contributed by atoms with E-state index >= 15 is 0 Å². The van der Waals surface area contributed by atoms with Gasteiger partial charge in [0.15, 0.2) is 5.13 Å². The third-order valence-electron chi connectivity index (χ3n) is 1.75. The van der Waals surface area contributed by atoms with E-state index < -0.39 is 0 Å². The first kappa shape index (κ1) is 9.67. The Bertz CT molecular complexity index is 397. The van der Waals surface area contributed by atoms with Crippen molar-refractivity contribution in [2.45, 2.75) is 13.0 Å². The topological polar surface area (TPSA) is 53.6 Å². The van der Waals surface area contributed by atoms with Gasteiger partial charge in [-0.3, -0.25) is 0 Å². The Hall–Kier alpha value is -0.880. The second-order valence-corrected chi connectivity index (χ2v) is 4.49. The van der Waals surface area contributed by atoms with E-state index in [0.717, 1.165) is 15.6 Å². The van der Waals surface area contributed by atoms with E-state index in [0.29, 0.717) is 0 Å². The van der Waals surface area contributed by atoms with E-state index in [-0.39, 0.29) is 6.04 Å². The van der Waals surface area contributed by atoms with Gasteiger partial charge in [-0.15, -0.1) is 11.3 Å². The van der Waals surface area contributed by atoms with Gasteiger partial charge in [0, 0.05) is 17.8 Å². The smallest absolute Gasteiger partial charge is 0.184 e. The second kappa shape index (κ2) is 4.10. The Labute approximate surface area is 93.9 Å². The number of nitrogens with one attached hydrogen (secondary N) is 2. The predicted molar refractivity (Wildman–Crippen MR) is 60.4 cm³/mol. The molecule has 4 nitrogen and oxygen atoms in total. The van der Waals surface area contributed by atoms with Gasteiger partial charge in [0.2, 0.25) is 0 Å². The number of hydrogen-bond donors (Lipinski definition) is 2. The molecule has 0 radical (unpaired) electrons. The van der Waals surface area contributed by atoms with Gasteiger partial charge in [-0.1, -0.05) is 0 Å². The molecule has 0 saturated carbocycles. The van der Waals surface area contributed by atoms with Crippen molar-refractivity contribution in [1.29, 1.82) is 0 Å². The minimum Gasteiger partial charge on any atom is -0.352 e. The maximum atomic E-state index is 4.24. The molecule has 0 bridgehead atoms. The number of halogens is 1. The van der Waals surface area contributed by atoms with E-state index in [4.69, 9.17) is 0 Å². The van der Waals surface area contributed by atoms with Crippen LogP contribution in [-0.2, 0) is 0 Å². The highest BCUT2D eigenvalue weighted by atomic mass is 79.9. The molecule has 2 N–H and O–H groups in total. The average molecular weight is 273 g/mol. The summed E-state index contributed by atoms with van der Waals surface area (Å²) < 4.78 is 0.858. The van der Waals surface area contributed by atoms with Gasteiger partial charge in [0.25, 0.3) is 0 Å². The monoisotopic (exact) mass is 272 g/mol. The third kappa shape index (κ3) is 2.13. The molecule has 0 fully saturated rings. The van der Waals surface area contributed by atoms with Gasteiger partial charge in [-0.25, -0.2) is 9.97 Å². The number of imidazole rings is 1. The van der Waals surface area contributed by atoms with Crippen molar-refractivity contribution in [3.63, 3.8) is 0 Å². The minimum atomic E-state index is 0.142. The highest BCUT2D eigenvalue weighted by Crippen LogP contribution is 2.22. The summed E-state index contributed by atoms with van der Waals surface area (Å²) in [6.45, 7) is 2.04. The molecule has 74 valence electrons. The number of nitrogens with zero attached hydrogens (tertiary/aromatic N) is 2. The van der Waals surface area contributed by atoms with E-state index in [1.165, 1.54) is 0 Å². The SMILES string of the molecule is CC(Nc1nc(Br)cs1)c1ncc[nH]1. The molecule has 0 aliphatic heterocycles. The predicted octanol–water partition coefficient (Wildman–Crippen LogP) is 2.80. The number of hydrogen-bond acceptors (Lipinski definition) is 4. The molecule has 1 unspecified atom stereocenters. The Kier molecular flexibility index (Phi) is 2.83. The van der Waals surface area contributed by atoms with Gasteiger partial charge < -0.3 is 10.3 Å². The maximum Gasteiger partial charge on any atom is 0.184 e. The van der Waals surface area contributed by atoms with Crippen molar-refractivity contribution in [2.75, 3.05) is 5.32 Å². The zero-order chi connectivity index (χ0) is 9.97. The lowest BCUT2D eigenvalue weighted by Gasteiger charge is -2.09. The standard InChI is InChI=1S/C8H9BrN4S/c1-5(7-10-2-3-11-7)12-8-13-6(9)4-14-8/h2-5H,1H3,(H,10,11)(H,12,13). The van der Waals surface area contributed by atoms with Crippen molar-refractivity contribution in [2.24, 2.45) is 0 Å². The molecule has 1 atom stereocenters. The lowest BCUT2D eigenvalue weighted by molar-refractivity contribution is 0.808. The summed E-state index contributed by atoms with van der Waals surface area (Å²) in [4.78, 5) is 11.5. The van der Waals surface area contributed by atoms with Crippen LogP contribution in [0.1, 0.15) is 18.8 Å². The van der Waals surface area contributed by atoms with Crippen LogP contribution < -0.4 is 5.32 Å². The first-order chi connectivity index (χ1) is 6.75. The van der Waals surface area contributed by atoms with Gasteiger partial charge in [-0.2, -0.15) is 0 Å². The van der Waals surface area contributed by atoms with Gasteiger partial charge in [0.1, 0.15) is 10.4 Å². The molecule has 14 heavy (non-hydrogen) atoms. The van der Waals surface area contributed by atoms with Crippen LogP contribution in [0.25, 0.3) is 0 Å². The number of thiazole rings is 1. The van der Waals surface area contributed by atoms with E-state index in [9.17, 15) is 0 Å². The fraction of sp³-hybridized carbons (Fsp3) is 0.250. The van der Waals surface area contributed by atoms with Gasteiger partial charge in [-0.05, 0) is 22.9 Å². The zero-order valence-electron chi connectivity index (χ0n) is 7.49. The highest BCUT2D eigenvalue weighted by molar-refractivity contribution is 9.10. The van der Waals surface area contributed by atoms with E-state index in [1.807, 2.05) is 18.5 Å². The molecule has 6 heteroatoms. The summed E-state index contributed by atoms with van der Waals surface area (Å²) >= 11 is 4.87. The van der Waals surface area contributed by atoms with Crippen LogP contribution in [0.5, 0.6) is 0 Å². The van der Waals surface area contributed by atoms with Crippen LogP contribution in [0.3, 0.4) is 0 Å². The molecular weight excluding hydrogens is 264 g/mol. The Balaban J connectivity index is 2.05. The largest absolute Gasteiger partial charge is 0.352 e. The van der Waals surface area contributed by atoms with E-state index in [1.54, 1.807) is 17.5 Å². The van der Waals surface area contributed by atoms with Crippen molar-refractivity contribution >= 4 is 32.4 Å². The summed E-state index contributed by atoms with van der Waals surface area (Å²) in [7, 11) is 0. The van der Waals surface area contributed by atoms with Gasteiger partial charge in [0.05, 0.1) is 6.04 Å². The summed E-state index contributed by atoms with van der Waals surface area (Å²) in [5.41, 5.74) is 0. The normalized spacial score (nSPS) is 12.7. The van der Waals surface area contributed by atoms with Crippen LogP contribution in [0.4, 0.5) is 5.13 Å². The fourth-order valence-corrected chi connectivity index (χ4v) is 2.32. The summed E-state index contributed by atoms with van der Waals surface area (Å²) in [6.07, 6.45) is 3.55. The molecule has 0 saturated heterocycles. The number of H-pyrrole nitrogens is 1. The Morgan fingerprint density at radius 3 is 3.07 bits per heavy atom. The molecule has 0 amide bonds. The molecule has 0 aliphatic rings. The number of rotatable bonds is 3. The van der Waals surface area contributed by atoms with Crippen molar-refractivity contribution in [3.8, 4) is 0 Å². The highest BCUT2D eigenvalue weighted by Gasteiger charge is 2.08. The van der Waals surface area contributed by atoms with Crippen LogP contribution in [0.15, 0.2) is 22.4 Å². The first-order valence-corrected chi connectivity index (χ1v) is 5.80. The molecule has 2 rings (SSSR count). The summed E-state index contributed by atoms with van der Waals surface area (Å²) in [6, 6.07) is 0.142. The molecule has 2 aromatic rings. The van der Waals surface area contributed by atoms with Gasteiger partial charge >= 0.3 is 0 Å². The molecule has 0 spiro atoms. The van der Waals surface area contributed by atoms with Crippen molar-refractivity contribution in [3.05, 3.63) is 28.2 Å². The average Bonchev–Trinajstić information content (AvgIpc) is 2.75.